The van der Waals surface area contributed by atoms with Gasteiger partial charge in [0.25, 0.3) is 0 Å². The summed E-state index contributed by atoms with van der Waals surface area (Å²) in [6, 6.07) is 1.18. The Morgan fingerprint density at radius 1 is 0.846 bits per heavy atom. The number of unbranched alkanes of at least 4 members (excludes halogenated alkanes) is 1. The summed E-state index contributed by atoms with van der Waals surface area (Å²) in [7, 11) is -1.29. The first-order valence-corrected chi connectivity index (χ1v) is 7.34. The molecule has 13 heavy (non-hydrogen) atoms. The lowest BCUT2D eigenvalue weighted by Gasteiger charge is -2.15. The van der Waals surface area contributed by atoms with Gasteiger partial charge in [-0.15, -0.1) is 0 Å². The second kappa shape index (κ2) is 10.2. The van der Waals surface area contributed by atoms with Gasteiger partial charge < -0.3 is 8.85 Å². The van der Waals surface area contributed by atoms with E-state index in [1.54, 1.807) is 0 Å². The van der Waals surface area contributed by atoms with Crippen LogP contribution in [0.1, 0.15) is 46.5 Å². The standard InChI is InChI=1S/C10H24O2Si/c1-4-7-10-13(11-8-5-2)12-9-6-3/h13H,4-10H2,1-3H3. The van der Waals surface area contributed by atoms with Gasteiger partial charge >= 0.3 is 9.28 Å². The van der Waals surface area contributed by atoms with Crippen molar-refractivity contribution in [2.75, 3.05) is 13.2 Å². The average molecular weight is 204 g/mol. The van der Waals surface area contributed by atoms with Crippen LogP contribution in [0.2, 0.25) is 6.04 Å². The lowest BCUT2D eigenvalue weighted by atomic mass is 10.4. The molecule has 0 heterocycles. The molecule has 0 atom stereocenters. The summed E-state index contributed by atoms with van der Waals surface area (Å²) >= 11 is 0. The molecule has 2 nitrogen and oxygen atoms in total. The molecule has 0 spiro atoms. The van der Waals surface area contributed by atoms with Crippen LogP contribution in [-0.4, -0.2) is 22.5 Å². The maximum absolute atomic E-state index is 5.71. The summed E-state index contributed by atoms with van der Waals surface area (Å²) in [6.07, 6.45) is 4.70. The summed E-state index contributed by atoms with van der Waals surface area (Å²) in [5.74, 6) is 0. The van der Waals surface area contributed by atoms with E-state index in [0.29, 0.717) is 0 Å². The molecule has 0 saturated carbocycles. The quantitative estimate of drug-likeness (QED) is 0.538. The first kappa shape index (κ1) is 13.1. The van der Waals surface area contributed by atoms with Gasteiger partial charge in [0.1, 0.15) is 0 Å². The van der Waals surface area contributed by atoms with Crippen LogP contribution in [-0.2, 0) is 8.85 Å². The van der Waals surface area contributed by atoms with E-state index in [1.807, 2.05) is 0 Å². The largest absolute Gasteiger partial charge is 0.397 e. The molecule has 3 heteroatoms. The minimum absolute atomic E-state index is 0.879. The van der Waals surface area contributed by atoms with Crippen molar-refractivity contribution in [1.82, 2.24) is 0 Å². The fraction of sp³-hybridized carbons (Fsp3) is 1.00. The molecular weight excluding hydrogens is 180 g/mol. The zero-order valence-corrected chi connectivity index (χ0v) is 10.5. The minimum atomic E-state index is -1.29. The molecule has 0 rings (SSSR count). The maximum Gasteiger partial charge on any atom is 0.321 e. The Morgan fingerprint density at radius 3 is 1.77 bits per heavy atom. The molecule has 0 aliphatic rings. The van der Waals surface area contributed by atoms with Crippen LogP contribution in [0.15, 0.2) is 0 Å². The van der Waals surface area contributed by atoms with Crippen LogP contribution in [0.25, 0.3) is 0 Å². The van der Waals surface area contributed by atoms with Crippen molar-refractivity contribution in [2.24, 2.45) is 0 Å². The van der Waals surface area contributed by atoms with E-state index in [9.17, 15) is 0 Å². The van der Waals surface area contributed by atoms with E-state index >= 15 is 0 Å². The van der Waals surface area contributed by atoms with E-state index in [0.717, 1.165) is 26.1 Å². The van der Waals surface area contributed by atoms with Crippen molar-refractivity contribution in [3.05, 3.63) is 0 Å². The van der Waals surface area contributed by atoms with E-state index < -0.39 is 9.28 Å². The van der Waals surface area contributed by atoms with Crippen molar-refractivity contribution < 1.29 is 8.85 Å². The third kappa shape index (κ3) is 8.47. The third-order valence-electron chi connectivity index (χ3n) is 1.81. The third-order valence-corrected chi connectivity index (χ3v) is 3.90. The Kier molecular flexibility index (Phi) is 10.3. The molecule has 80 valence electrons. The van der Waals surface area contributed by atoms with Crippen LogP contribution in [0.5, 0.6) is 0 Å². The molecule has 0 aromatic heterocycles. The summed E-state index contributed by atoms with van der Waals surface area (Å²) < 4.78 is 11.4. The molecule has 0 aliphatic carbocycles. The van der Waals surface area contributed by atoms with Crippen molar-refractivity contribution in [3.63, 3.8) is 0 Å². The van der Waals surface area contributed by atoms with Gasteiger partial charge in [-0.05, 0) is 18.9 Å². The molecule has 0 fully saturated rings. The highest BCUT2D eigenvalue weighted by Crippen LogP contribution is 2.05. The molecule has 0 N–H and O–H groups in total. The molecular formula is C10H24O2Si. The Labute approximate surface area is 84.5 Å². The Morgan fingerprint density at radius 2 is 1.38 bits per heavy atom. The van der Waals surface area contributed by atoms with Gasteiger partial charge in [0.15, 0.2) is 0 Å². The smallest absolute Gasteiger partial charge is 0.321 e. The first-order chi connectivity index (χ1) is 6.35. The normalized spacial score (nSPS) is 11.1. The van der Waals surface area contributed by atoms with Gasteiger partial charge in [-0.3, -0.25) is 0 Å². The zero-order chi connectivity index (χ0) is 9.94. The predicted octanol–water partition coefficient (Wildman–Crippen LogP) is 2.86. The van der Waals surface area contributed by atoms with Gasteiger partial charge in [0.2, 0.25) is 0 Å². The zero-order valence-electron chi connectivity index (χ0n) is 9.34. The van der Waals surface area contributed by atoms with Crippen molar-refractivity contribution >= 4 is 9.28 Å². The van der Waals surface area contributed by atoms with Crippen molar-refractivity contribution in [3.8, 4) is 0 Å². The number of hydrogen-bond acceptors (Lipinski definition) is 2. The highest BCUT2D eigenvalue weighted by Gasteiger charge is 2.11. The monoisotopic (exact) mass is 204 g/mol. The molecule has 0 aromatic rings. The Hall–Kier alpha value is 0.137. The minimum Gasteiger partial charge on any atom is -0.397 e. The van der Waals surface area contributed by atoms with Gasteiger partial charge in [-0.25, -0.2) is 0 Å². The fourth-order valence-electron chi connectivity index (χ4n) is 1.08. The molecule has 0 aliphatic heterocycles. The second-order valence-corrected chi connectivity index (χ2v) is 5.42. The molecule has 0 aromatic carbocycles. The van der Waals surface area contributed by atoms with Crippen LogP contribution in [0.4, 0.5) is 0 Å². The lowest BCUT2D eigenvalue weighted by molar-refractivity contribution is 0.196. The van der Waals surface area contributed by atoms with E-state index in [-0.39, 0.29) is 0 Å². The molecule has 0 radical (unpaired) electrons. The summed E-state index contributed by atoms with van der Waals surface area (Å²) in [5, 5.41) is 0. The molecule has 0 saturated heterocycles. The summed E-state index contributed by atoms with van der Waals surface area (Å²) in [6.45, 7) is 8.26. The average Bonchev–Trinajstić information content (AvgIpc) is 2.17. The first-order valence-electron chi connectivity index (χ1n) is 5.58. The number of rotatable bonds is 9. The van der Waals surface area contributed by atoms with Crippen LogP contribution in [0.3, 0.4) is 0 Å². The summed E-state index contributed by atoms with van der Waals surface area (Å²) in [5.41, 5.74) is 0. The fourth-order valence-corrected chi connectivity index (χ4v) is 3.25. The summed E-state index contributed by atoms with van der Waals surface area (Å²) in [4.78, 5) is 0. The SMILES string of the molecule is CCCC[SiH](OCCC)OCCC. The van der Waals surface area contributed by atoms with Crippen molar-refractivity contribution in [1.29, 1.82) is 0 Å². The second-order valence-electron chi connectivity index (χ2n) is 3.31. The maximum atomic E-state index is 5.71. The van der Waals surface area contributed by atoms with E-state index in [2.05, 4.69) is 20.8 Å². The van der Waals surface area contributed by atoms with Gasteiger partial charge in [0, 0.05) is 13.2 Å². The van der Waals surface area contributed by atoms with Gasteiger partial charge in [-0.1, -0.05) is 33.6 Å². The van der Waals surface area contributed by atoms with Gasteiger partial charge in [0.05, 0.1) is 0 Å². The molecule has 0 unspecified atom stereocenters. The van der Waals surface area contributed by atoms with Crippen molar-refractivity contribution in [2.45, 2.75) is 52.5 Å². The lowest BCUT2D eigenvalue weighted by Crippen LogP contribution is -2.23. The highest BCUT2D eigenvalue weighted by molar-refractivity contribution is 6.44. The Bertz CT molecular complexity index is 79.9. The van der Waals surface area contributed by atoms with E-state index in [4.69, 9.17) is 8.85 Å². The number of hydrogen-bond donors (Lipinski definition) is 0. The van der Waals surface area contributed by atoms with E-state index in [1.165, 1.54) is 18.9 Å². The van der Waals surface area contributed by atoms with Crippen LogP contribution >= 0.6 is 0 Å². The predicted molar refractivity (Wildman–Crippen MR) is 59.4 cm³/mol. The highest BCUT2D eigenvalue weighted by atomic mass is 28.3. The topological polar surface area (TPSA) is 18.5 Å². The van der Waals surface area contributed by atoms with Crippen LogP contribution < -0.4 is 0 Å². The Balaban J connectivity index is 3.47. The van der Waals surface area contributed by atoms with Gasteiger partial charge in [-0.2, -0.15) is 0 Å². The van der Waals surface area contributed by atoms with Crippen LogP contribution in [0, 0.1) is 0 Å². The molecule has 0 bridgehead atoms. The molecule has 0 amide bonds.